The number of fused-ring (bicyclic) bond motifs is 1. The van der Waals surface area contributed by atoms with Crippen molar-refractivity contribution in [3.8, 4) is 0 Å². The Morgan fingerprint density at radius 3 is 2.57 bits per heavy atom. The van der Waals surface area contributed by atoms with Crippen molar-refractivity contribution in [1.82, 2.24) is 9.97 Å². The first kappa shape index (κ1) is 14.0. The van der Waals surface area contributed by atoms with Gasteiger partial charge in [-0.1, -0.05) is 0 Å². The third-order valence-corrected chi connectivity index (χ3v) is 3.61. The van der Waals surface area contributed by atoms with Crippen LogP contribution in [0.15, 0.2) is 27.8 Å². The van der Waals surface area contributed by atoms with Crippen LogP contribution < -0.4 is 11.1 Å². The van der Waals surface area contributed by atoms with Gasteiger partial charge < -0.3 is 30.0 Å². The number of aromatic nitrogens is 2. The molecule has 1 aliphatic heterocycles. The van der Waals surface area contributed by atoms with Crippen LogP contribution in [0.5, 0.6) is 0 Å². The van der Waals surface area contributed by atoms with Gasteiger partial charge in [-0.2, -0.15) is 0 Å². The molecule has 2 aromatic rings. The number of aliphatic hydroxyl groups excluding tert-OH is 3. The fourth-order valence-electron chi connectivity index (χ4n) is 2.50. The van der Waals surface area contributed by atoms with E-state index in [9.17, 15) is 19.8 Å². The summed E-state index contributed by atoms with van der Waals surface area (Å²) in [7, 11) is 0. The van der Waals surface area contributed by atoms with Gasteiger partial charge in [0.15, 0.2) is 0 Å². The lowest BCUT2D eigenvalue weighted by molar-refractivity contribution is -0.0231. The predicted molar refractivity (Wildman–Crippen MR) is 71.9 cm³/mol. The van der Waals surface area contributed by atoms with Crippen LogP contribution in [0, 0.1) is 0 Å². The standard InChI is InChI=1S/C13H14N2O6/c16-4-7-9(18)10(19)11(21-7)6-3-5-1-2-8(17)14-12(5)15-13(6)20/h1-3,7,9-11,16,18-19H,4H2,(H2,14,15,17,20). The molecule has 3 heterocycles. The first-order chi connectivity index (χ1) is 10.0. The van der Waals surface area contributed by atoms with E-state index >= 15 is 0 Å². The molecule has 0 radical (unpaired) electrons. The second-order valence-electron chi connectivity index (χ2n) is 4.97. The molecule has 0 bridgehead atoms. The fourth-order valence-corrected chi connectivity index (χ4v) is 2.50. The predicted octanol–water partition coefficient (Wildman–Crippen LogP) is -1.63. The van der Waals surface area contributed by atoms with Gasteiger partial charge in [0.2, 0.25) is 5.56 Å². The van der Waals surface area contributed by atoms with Crippen LogP contribution in [-0.4, -0.2) is 50.2 Å². The van der Waals surface area contributed by atoms with Gasteiger partial charge in [0.1, 0.15) is 30.1 Å². The molecule has 1 fully saturated rings. The van der Waals surface area contributed by atoms with Gasteiger partial charge in [0.05, 0.1) is 6.61 Å². The SMILES string of the molecule is O=c1ccc2cc(C3OC(CO)C(O)C3O)c(=O)[nH]c2[nH]1. The molecule has 8 heteroatoms. The van der Waals surface area contributed by atoms with Crippen LogP contribution in [0.4, 0.5) is 0 Å². The van der Waals surface area contributed by atoms with Crippen LogP contribution in [0.25, 0.3) is 11.0 Å². The average molecular weight is 294 g/mol. The monoisotopic (exact) mass is 294 g/mol. The number of nitrogens with one attached hydrogen (secondary N) is 2. The van der Waals surface area contributed by atoms with Gasteiger partial charge in [0, 0.05) is 17.0 Å². The van der Waals surface area contributed by atoms with E-state index in [-0.39, 0.29) is 16.8 Å². The van der Waals surface area contributed by atoms with Crippen molar-refractivity contribution >= 4 is 11.0 Å². The Labute approximate surface area is 117 Å². The largest absolute Gasteiger partial charge is 0.394 e. The lowest BCUT2D eigenvalue weighted by Gasteiger charge is -2.14. The maximum atomic E-state index is 12.1. The number of aromatic amines is 2. The molecule has 4 atom stereocenters. The highest BCUT2D eigenvalue weighted by molar-refractivity contribution is 5.74. The molecule has 0 saturated carbocycles. The Bertz CT molecular complexity index is 782. The molecule has 1 aliphatic rings. The van der Waals surface area contributed by atoms with Crippen molar-refractivity contribution in [1.29, 1.82) is 0 Å². The Morgan fingerprint density at radius 2 is 1.90 bits per heavy atom. The Morgan fingerprint density at radius 1 is 1.14 bits per heavy atom. The second kappa shape index (κ2) is 5.08. The van der Waals surface area contributed by atoms with Crippen LogP contribution in [0.1, 0.15) is 11.7 Å². The zero-order chi connectivity index (χ0) is 15.1. The van der Waals surface area contributed by atoms with Crippen molar-refractivity contribution in [3.05, 3.63) is 44.5 Å². The van der Waals surface area contributed by atoms with Gasteiger partial charge >= 0.3 is 0 Å². The van der Waals surface area contributed by atoms with Crippen molar-refractivity contribution in [2.24, 2.45) is 0 Å². The Kier molecular flexibility index (Phi) is 3.38. The average Bonchev–Trinajstić information content (AvgIpc) is 2.74. The van der Waals surface area contributed by atoms with Crippen molar-refractivity contribution < 1.29 is 20.1 Å². The van der Waals surface area contributed by atoms with Gasteiger partial charge in [-0.25, -0.2) is 0 Å². The van der Waals surface area contributed by atoms with E-state index in [1.807, 2.05) is 0 Å². The number of pyridine rings is 2. The summed E-state index contributed by atoms with van der Waals surface area (Å²) in [4.78, 5) is 28.3. The number of rotatable bonds is 2. The maximum Gasteiger partial charge on any atom is 0.255 e. The van der Waals surface area contributed by atoms with Gasteiger partial charge in [-0.3, -0.25) is 9.59 Å². The van der Waals surface area contributed by atoms with E-state index in [4.69, 9.17) is 9.84 Å². The first-order valence-corrected chi connectivity index (χ1v) is 6.40. The molecule has 0 aliphatic carbocycles. The molecule has 21 heavy (non-hydrogen) atoms. The molecule has 0 spiro atoms. The van der Waals surface area contributed by atoms with Crippen LogP contribution in [-0.2, 0) is 4.74 Å². The minimum absolute atomic E-state index is 0.122. The van der Waals surface area contributed by atoms with Gasteiger partial charge in [0.25, 0.3) is 5.56 Å². The lowest BCUT2D eigenvalue weighted by Crippen LogP contribution is -2.33. The van der Waals surface area contributed by atoms with Crippen molar-refractivity contribution in [3.63, 3.8) is 0 Å². The maximum absolute atomic E-state index is 12.1. The van der Waals surface area contributed by atoms with Gasteiger partial charge in [-0.05, 0) is 12.1 Å². The molecule has 8 nitrogen and oxygen atoms in total. The molecule has 2 aromatic heterocycles. The van der Waals surface area contributed by atoms with E-state index in [0.717, 1.165) is 0 Å². The molecular weight excluding hydrogens is 280 g/mol. The summed E-state index contributed by atoms with van der Waals surface area (Å²) >= 11 is 0. The smallest absolute Gasteiger partial charge is 0.255 e. The van der Waals surface area contributed by atoms with Crippen molar-refractivity contribution in [2.45, 2.75) is 24.4 Å². The van der Waals surface area contributed by atoms with Crippen molar-refractivity contribution in [2.75, 3.05) is 6.61 Å². The summed E-state index contributed by atoms with van der Waals surface area (Å²) < 4.78 is 5.33. The molecule has 112 valence electrons. The number of ether oxygens (including phenoxy) is 1. The number of hydrogen-bond acceptors (Lipinski definition) is 6. The first-order valence-electron chi connectivity index (χ1n) is 6.40. The minimum atomic E-state index is -1.32. The number of aliphatic hydroxyl groups is 3. The van der Waals surface area contributed by atoms with Crippen LogP contribution in [0.3, 0.4) is 0 Å². The summed E-state index contributed by atoms with van der Waals surface area (Å²) in [6.45, 7) is -0.465. The number of H-pyrrole nitrogens is 2. The number of hydrogen-bond donors (Lipinski definition) is 5. The normalized spacial score (nSPS) is 29.1. The topological polar surface area (TPSA) is 136 Å². The van der Waals surface area contributed by atoms with Crippen LogP contribution in [0.2, 0.25) is 0 Å². The quantitative estimate of drug-likeness (QED) is 0.451. The Balaban J connectivity index is 2.09. The zero-order valence-electron chi connectivity index (χ0n) is 10.8. The lowest BCUT2D eigenvalue weighted by atomic mass is 10.0. The second-order valence-corrected chi connectivity index (χ2v) is 4.97. The highest BCUT2D eigenvalue weighted by atomic mass is 16.6. The fraction of sp³-hybridized carbons (Fsp3) is 0.385. The summed E-state index contributed by atoms with van der Waals surface area (Å²) in [5.41, 5.74) is -0.502. The molecule has 4 unspecified atom stereocenters. The molecule has 1 saturated heterocycles. The van der Waals surface area contributed by atoms with E-state index in [1.165, 1.54) is 18.2 Å². The zero-order valence-corrected chi connectivity index (χ0v) is 10.8. The third-order valence-electron chi connectivity index (χ3n) is 3.61. The highest BCUT2D eigenvalue weighted by Gasteiger charge is 2.44. The summed E-state index contributed by atoms with van der Waals surface area (Å²) in [5.74, 6) is 0. The van der Waals surface area contributed by atoms with Gasteiger partial charge in [-0.15, -0.1) is 0 Å². The van der Waals surface area contributed by atoms with E-state index in [2.05, 4.69) is 9.97 Å². The molecule has 0 amide bonds. The summed E-state index contributed by atoms with van der Waals surface area (Å²) in [5, 5.41) is 29.3. The van der Waals surface area contributed by atoms with E-state index in [0.29, 0.717) is 5.39 Å². The molecule has 3 rings (SSSR count). The highest BCUT2D eigenvalue weighted by Crippen LogP contribution is 2.32. The Hall–Kier alpha value is -2.00. The van der Waals surface area contributed by atoms with E-state index < -0.39 is 36.6 Å². The minimum Gasteiger partial charge on any atom is -0.394 e. The van der Waals surface area contributed by atoms with Crippen LogP contribution >= 0.6 is 0 Å². The molecule has 0 aromatic carbocycles. The molecular formula is C13H14N2O6. The molecule has 5 N–H and O–H groups in total. The van der Waals surface area contributed by atoms with E-state index in [1.54, 1.807) is 0 Å². The summed E-state index contributed by atoms with van der Waals surface area (Å²) in [6.07, 6.45) is -4.58. The third kappa shape index (κ3) is 2.28. The summed E-state index contributed by atoms with van der Waals surface area (Å²) in [6, 6.07) is 4.31.